The van der Waals surface area contributed by atoms with Crippen molar-refractivity contribution in [1.29, 1.82) is 0 Å². The summed E-state index contributed by atoms with van der Waals surface area (Å²) in [6, 6.07) is 5.87. The molecule has 0 atom stereocenters. The highest BCUT2D eigenvalue weighted by molar-refractivity contribution is 5.94. The zero-order valence-electron chi connectivity index (χ0n) is 9.73. The zero-order chi connectivity index (χ0) is 13.8. The lowest BCUT2D eigenvalue weighted by atomic mass is 10.2. The van der Waals surface area contributed by atoms with Crippen LogP contribution in [0.4, 0.5) is 8.78 Å². The normalized spacial score (nSPS) is 10.2. The molecule has 98 valence electrons. The number of hydrogen-bond donors (Lipinski definition) is 2. The molecule has 0 saturated carbocycles. The summed E-state index contributed by atoms with van der Waals surface area (Å²) in [5.74, 6) is -2.33. The SMILES string of the molecule is O=C(NCc1ccc(F)cc1F)c1ncccc1O. The molecule has 1 aromatic heterocycles. The van der Waals surface area contributed by atoms with E-state index in [9.17, 15) is 18.7 Å². The van der Waals surface area contributed by atoms with Crippen molar-refractivity contribution in [3.05, 3.63) is 59.4 Å². The summed E-state index contributed by atoms with van der Waals surface area (Å²) >= 11 is 0. The number of nitrogens with zero attached hydrogens (tertiary/aromatic N) is 1. The van der Waals surface area contributed by atoms with Crippen LogP contribution < -0.4 is 5.32 Å². The molecule has 2 N–H and O–H groups in total. The quantitative estimate of drug-likeness (QED) is 0.891. The number of rotatable bonds is 3. The third-order valence-electron chi connectivity index (χ3n) is 2.46. The van der Waals surface area contributed by atoms with Gasteiger partial charge >= 0.3 is 0 Å². The number of amides is 1. The van der Waals surface area contributed by atoms with Crippen molar-refractivity contribution in [3.8, 4) is 5.75 Å². The Kier molecular flexibility index (Phi) is 3.70. The van der Waals surface area contributed by atoms with Crippen LogP contribution >= 0.6 is 0 Å². The number of aromatic hydroxyl groups is 1. The molecule has 0 aliphatic carbocycles. The Balaban J connectivity index is 2.07. The second-order valence-electron chi connectivity index (χ2n) is 3.79. The van der Waals surface area contributed by atoms with E-state index in [1.165, 1.54) is 24.4 Å². The molecule has 0 saturated heterocycles. The second-order valence-corrected chi connectivity index (χ2v) is 3.79. The van der Waals surface area contributed by atoms with Crippen molar-refractivity contribution in [2.45, 2.75) is 6.54 Å². The molecule has 1 amide bonds. The van der Waals surface area contributed by atoms with Crippen molar-refractivity contribution in [2.75, 3.05) is 0 Å². The van der Waals surface area contributed by atoms with Crippen LogP contribution in [-0.4, -0.2) is 16.0 Å². The molecule has 0 aliphatic heterocycles. The third-order valence-corrected chi connectivity index (χ3v) is 2.46. The van der Waals surface area contributed by atoms with Gasteiger partial charge in [0.15, 0.2) is 5.69 Å². The first-order valence-electron chi connectivity index (χ1n) is 5.44. The topological polar surface area (TPSA) is 62.2 Å². The molecule has 0 unspecified atom stereocenters. The number of pyridine rings is 1. The number of benzene rings is 1. The number of carbonyl (C=O) groups is 1. The van der Waals surface area contributed by atoms with E-state index in [0.29, 0.717) is 0 Å². The van der Waals surface area contributed by atoms with Crippen molar-refractivity contribution >= 4 is 5.91 Å². The van der Waals surface area contributed by atoms with E-state index in [2.05, 4.69) is 10.3 Å². The summed E-state index contributed by atoms with van der Waals surface area (Å²) in [5.41, 5.74) is -0.00445. The first kappa shape index (κ1) is 12.9. The lowest BCUT2D eigenvalue weighted by Crippen LogP contribution is -2.24. The first-order valence-corrected chi connectivity index (χ1v) is 5.44. The van der Waals surface area contributed by atoms with Gasteiger partial charge in [-0.05, 0) is 18.2 Å². The predicted molar refractivity (Wildman–Crippen MR) is 63.4 cm³/mol. The largest absolute Gasteiger partial charge is 0.505 e. The maximum absolute atomic E-state index is 13.3. The van der Waals surface area contributed by atoms with Gasteiger partial charge in [0.2, 0.25) is 0 Å². The fourth-order valence-electron chi connectivity index (χ4n) is 1.50. The van der Waals surface area contributed by atoms with E-state index in [0.717, 1.165) is 12.1 Å². The van der Waals surface area contributed by atoms with Gasteiger partial charge in [-0.3, -0.25) is 4.79 Å². The predicted octanol–water partition coefficient (Wildman–Crippen LogP) is 2.00. The maximum Gasteiger partial charge on any atom is 0.274 e. The molecule has 0 spiro atoms. The van der Waals surface area contributed by atoms with Crippen LogP contribution in [0.15, 0.2) is 36.5 Å². The Morgan fingerprint density at radius 1 is 1.32 bits per heavy atom. The van der Waals surface area contributed by atoms with Crippen LogP contribution in [0, 0.1) is 11.6 Å². The van der Waals surface area contributed by atoms with Gasteiger partial charge in [0, 0.05) is 24.4 Å². The van der Waals surface area contributed by atoms with E-state index in [1.54, 1.807) is 0 Å². The van der Waals surface area contributed by atoms with Gasteiger partial charge in [0.05, 0.1) is 0 Å². The van der Waals surface area contributed by atoms with E-state index >= 15 is 0 Å². The smallest absolute Gasteiger partial charge is 0.274 e. The summed E-state index contributed by atoms with van der Waals surface area (Å²) in [4.78, 5) is 15.4. The lowest BCUT2D eigenvalue weighted by Gasteiger charge is -2.06. The van der Waals surface area contributed by atoms with E-state index in [4.69, 9.17) is 0 Å². The van der Waals surface area contributed by atoms with E-state index in [-0.39, 0.29) is 23.6 Å². The molecule has 0 bridgehead atoms. The first-order chi connectivity index (χ1) is 9.08. The summed E-state index contributed by atoms with van der Waals surface area (Å²) in [5, 5.41) is 11.8. The molecule has 2 rings (SSSR count). The lowest BCUT2D eigenvalue weighted by molar-refractivity contribution is 0.0942. The van der Waals surface area contributed by atoms with Crippen LogP contribution in [0.5, 0.6) is 5.75 Å². The van der Waals surface area contributed by atoms with Crippen LogP contribution in [0.3, 0.4) is 0 Å². The van der Waals surface area contributed by atoms with Crippen LogP contribution in [0.2, 0.25) is 0 Å². The molecule has 4 nitrogen and oxygen atoms in total. The minimum Gasteiger partial charge on any atom is -0.505 e. The van der Waals surface area contributed by atoms with Gasteiger partial charge in [-0.1, -0.05) is 6.07 Å². The van der Waals surface area contributed by atoms with Gasteiger partial charge in [0.1, 0.15) is 17.4 Å². The summed E-state index contributed by atoms with van der Waals surface area (Å²) in [6.07, 6.45) is 1.35. The number of nitrogens with one attached hydrogen (secondary N) is 1. The van der Waals surface area contributed by atoms with Crippen molar-refractivity contribution in [1.82, 2.24) is 10.3 Å². The van der Waals surface area contributed by atoms with E-state index in [1.807, 2.05) is 0 Å². The Morgan fingerprint density at radius 3 is 2.79 bits per heavy atom. The third kappa shape index (κ3) is 3.04. The maximum atomic E-state index is 13.3. The molecule has 1 heterocycles. The number of aromatic nitrogens is 1. The summed E-state index contributed by atoms with van der Waals surface area (Å²) < 4.78 is 26.0. The van der Waals surface area contributed by atoms with Crippen LogP contribution in [0.1, 0.15) is 16.1 Å². The number of hydrogen-bond acceptors (Lipinski definition) is 3. The van der Waals surface area contributed by atoms with Crippen LogP contribution in [-0.2, 0) is 6.54 Å². The Bertz CT molecular complexity index is 617. The van der Waals surface area contributed by atoms with Gasteiger partial charge in [0.25, 0.3) is 5.91 Å². The van der Waals surface area contributed by atoms with Crippen LogP contribution in [0.25, 0.3) is 0 Å². The average molecular weight is 264 g/mol. The number of carbonyl (C=O) groups excluding carboxylic acids is 1. The number of halogens is 2. The molecule has 2 aromatic rings. The zero-order valence-corrected chi connectivity index (χ0v) is 9.73. The standard InChI is InChI=1S/C13H10F2N2O2/c14-9-4-3-8(10(15)6-9)7-17-13(19)12-11(18)2-1-5-16-12/h1-6,18H,7H2,(H,17,19). The fourth-order valence-corrected chi connectivity index (χ4v) is 1.50. The Morgan fingerprint density at radius 2 is 2.11 bits per heavy atom. The fraction of sp³-hybridized carbons (Fsp3) is 0.0769. The Hall–Kier alpha value is -2.50. The van der Waals surface area contributed by atoms with Gasteiger partial charge in [-0.25, -0.2) is 13.8 Å². The molecular formula is C13H10F2N2O2. The van der Waals surface area contributed by atoms with Gasteiger partial charge in [-0.2, -0.15) is 0 Å². The van der Waals surface area contributed by atoms with Gasteiger partial charge < -0.3 is 10.4 Å². The molecular weight excluding hydrogens is 254 g/mol. The molecule has 0 radical (unpaired) electrons. The minimum absolute atomic E-state index is 0.124. The summed E-state index contributed by atoms with van der Waals surface area (Å²) in [6.45, 7) is -0.124. The Labute approximate surface area is 107 Å². The van der Waals surface area contributed by atoms with Crippen molar-refractivity contribution < 1.29 is 18.7 Å². The molecule has 0 fully saturated rings. The van der Waals surface area contributed by atoms with Crippen molar-refractivity contribution in [3.63, 3.8) is 0 Å². The highest BCUT2D eigenvalue weighted by Gasteiger charge is 2.12. The van der Waals surface area contributed by atoms with E-state index < -0.39 is 17.5 Å². The average Bonchev–Trinajstić information content (AvgIpc) is 2.38. The van der Waals surface area contributed by atoms with Gasteiger partial charge in [-0.15, -0.1) is 0 Å². The van der Waals surface area contributed by atoms with Crippen molar-refractivity contribution in [2.24, 2.45) is 0 Å². The molecule has 1 aromatic carbocycles. The molecule has 6 heteroatoms. The second kappa shape index (κ2) is 5.43. The monoisotopic (exact) mass is 264 g/mol. The highest BCUT2D eigenvalue weighted by Crippen LogP contribution is 2.13. The molecule has 19 heavy (non-hydrogen) atoms. The highest BCUT2D eigenvalue weighted by atomic mass is 19.1. The summed E-state index contributed by atoms with van der Waals surface area (Å²) in [7, 11) is 0. The molecule has 0 aliphatic rings. The minimum atomic E-state index is -0.745.